The van der Waals surface area contributed by atoms with E-state index in [0.29, 0.717) is 17.7 Å². The highest BCUT2D eigenvalue weighted by atomic mass is 32.2. The number of rotatable bonds is 4. The first kappa shape index (κ1) is 14.9. The van der Waals surface area contributed by atoms with Crippen LogP contribution in [0.15, 0.2) is 42.5 Å². The molecule has 2 aromatic rings. The van der Waals surface area contributed by atoms with Crippen molar-refractivity contribution in [1.82, 2.24) is 0 Å². The molecule has 0 heterocycles. The smallest absolute Gasteiger partial charge is 0.360 e. The maximum atomic E-state index is 12.2. The van der Waals surface area contributed by atoms with Crippen LogP contribution in [0.2, 0.25) is 0 Å². The van der Waals surface area contributed by atoms with E-state index < -0.39 is 17.5 Å². The molecule has 4 nitrogen and oxygen atoms in total. The summed E-state index contributed by atoms with van der Waals surface area (Å²) in [6.45, 7) is 3.92. The molecule has 1 aliphatic rings. The van der Waals surface area contributed by atoms with E-state index in [2.05, 4.69) is 0 Å². The van der Waals surface area contributed by atoms with Gasteiger partial charge < -0.3 is 4.18 Å². The van der Waals surface area contributed by atoms with Crippen LogP contribution in [-0.4, -0.2) is 16.1 Å². The molecule has 114 valence electrons. The van der Waals surface area contributed by atoms with Crippen LogP contribution < -0.4 is 4.18 Å². The molecular formula is C17H16O4S. The standard InChI is InChI=1S/C17H16O4S/c1-11-3-6-14(7-4-11)20-22(19)21-16-10-13-9-12(2)5-8-15(13)17(16)18/h3-9,16H,10H2,1-2H3. The monoisotopic (exact) mass is 316 g/mol. The van der Waals surface area contributed by atoms with Gasteiger partial charge in [0.15, 0.2) is 5.78 Å². The summed E-state index contributed by atoms with van der Waals surface area (Å²) < 4.78 is 22.4. The molecule has 0 fully saturated rings. The van der Waals surface area contributed by atoms with Crippen LogP contribution >= 0.6 is 0 Å². The second kappa shape index (κ2) is 6.02. The van der Waals surface area contributed by atoms with E-state index in [0.717, 1.165) is 16.7 Å². The molecule has 2 aromatic carbocycles. The first-order chi connectivity index (χ1) is 10.5. The predicted octanol–water partition coefficient (Wildman–Crippen LogP) is 3.09. The molecular weight excluding hydrogens is 300 g/mol. The Morgan fingerprint density at radius 2 is 1.73 bits per heavy atom. The van der Waals surface area contributed by atoms with Crippen molar-refractivity contribution < 1.29 is 17.4 Å². The summed E-state index contributed by atoms with van der Waals surface area (Å²) in [5.41, 5.74) is 3.74. The minimum atomic E-state index is -2.00. The van der Waals surface area contributed by atoms with E-state index in [1.165, 1.54) is 0 Å². The van der Waals surface area contributed by atoms with E-state index in [-0.39, 0.29) is 5.78 Å². The lowest BCUT2D eigenvalue weighted by molar-refractivity contribution is 0.0828. The van der Waals surface area contributed by atoms with Gasteiger partial charge in [-0.05, 0) is 31.5 Å². The van der Waals surface area contributed by atoms with Crippen LogP contribution in [-0.2, 0) is 22.0 Å². The zero-order valence-corrected chi connectivity index (χ0v) is 13.2. The highest BCUT2D eigenvalue weighted by molar-refractivity contribution is 7.75. The fraction of sp³-hybridized carbons (Fsp3) is 0.235. The molecule has 0 radical (unpaired) electrons. The molecule has 2 unspecified atom stereocenters. The third-order valence-electron chi connectivity index (χ3n) is 3.60. The largest absolute Gasteiger partial charge is 0.380 e. The lowest BCUT2D eigenvalue weighted by Gasteiger charge is -2.09. The molecule has 0 saturated heterocycles. The number of carbonyl (C=O) groups excluding carboxylic acids is 1. The van der Waals surface area contributed by atoms with Gasteiger partial charge >= 0.3 is 11.4 Å². The molecule has 0 spiro atoms. The second-order valence-electron chi connectivity index (χ2n) is 5.41. The fourth-order valence-corrected chi connectivity index (χ4v) is 3.11. The van der Waals surface area contributed by atoms with E-state index in [1.807, 2.05) is 38.1 Å². The minimum absolute atomic E-state index is 0.143. The average Bonchev–Trinajstić information content (AvgIpc) is 2.77. The Bertz CT molecular complexity index is 737. The molecule has 22 heavy (non-hydrogen) atoms. The van der Waals surface area contributed by atoms with Gasteiger partial charge in [-0.1, -0.05) is 41.5 Å². The highest BCUT2D eigenvalue weighted by Crippen LogP contribution is 2.26. The summed E-state index contributed by atoms with van der Waals surface area (Å²) in [7, 11) is 0. The van der Waals surface area contributed by atoms with Crippen LogP contribution in [0.5, 0.6) is 5.75 Å². The van der Waals surface area contributed by atoms with Crippen molar-refractivity contribution in [3.8, 4) is 5.75 Å². The normalized spacial score (nSPS) is 18.1. The maximum Gasteiger partial charge on any atom is 0.360 e. The van der Waals surface area contributed by atoms with Crippen molar-refractivity contribution >= 4 is 17.1 Å². The lowest BCUT2D eigenvalue weighted by Crippen LogP contribution is -2.23. The Labute approximate surface area is 131 Å². The fourth-order valence-electron chi connectivity index (χ4n) is 2.46. The number of ketones is 1. The predicted molar refractivity (Wildman–Crippen MR) is 84.0 cm³/mol. The molecule has 0 bridgehead atoms. The minimum Gasteiger partial charge on any atom is -0.380 e. The Morgan fingerprint density at radius 3 is 2.45 bits per heavy atom. The van der Waals surface area contributed by atoms with E-state index >= 15 is 0 Å². The van der Waals surface area contributed by atoms with Gasteiger partial charge in [-0.2, -0.15) is 4.21 Å². The van der Waals surface area contributed by atoms with Crippen LogP contribution in [0.1, 0.15) is 27.0 Å². The number of fused-ring (bicyclic) bond motifs is 1. The van der Waals surface area contributed by atoms with Crippen molar-refractivity contribution in [3.05, 3.63) is 64.7 Å². The Balaban J connectivity index is 1.66. The van der Waals surface area contributed by atoms with Crippen molar-refractivity contribution in [2.45, 2.75) is 26.4 Å². The van der Waals surface area contributed by atoms with Gasteiger partial charge in [0.25, 0.3) is 0 Å². The number of hydrogen-bond donors (Lipinski definition) is 0. The first-order valence-electron chi connectivity index (χ1n) is 7.00. The van der Waals surface area contributed by atoms with Gasteiger partial charge in [0.1, 0.15) is 11.9 Å². The Hall–Kier alpha value is -1.98. The number of benzene rings is 2. The Kier molecular flexibility index (Phi) is 4.09. The topological polar surface area (TPSA) is 52.6 Å². The number of aryl methyl sites for hydroxylation is 2. The van der Waals surface area contributed by atoms with Gasteiger partial charge in [0, 0.05) is 12.0 Å². The molecule has 0 aromatic heterocycles. The quantitative estimate of drug-likeness (QED) is 0.870. The number of carbonyl (C=O) groups is 1. The first-order valence-corrected chi connectivity index (χ1v) is 8.00. The zero-order chi connectivity index (χ0) is 15.7. The summed E-state index contributed by atoms with van der Waals surface area (Å²) >= 11 is -2.00. The molecule has 0 N–H and O–H groups in total. The Morgan fingerprint density at radius 1 is 1.05 bits per heavy atom. The summed E-state index contributed by atoms with van der Waals surface area (Å²) in [5, 5.41) is 0. The maximum absolute atomic E-state index is 12.2. The van der Waals surface area contributed by atoms with Gasteiger partial charge in [0.05, 0.1) is 0 Å². The lowest BCUT2D eigenvalue weighted by atomic mass is 10.1. The van der Waals surface area contributed by atoms with Gasteiger partial charge in [-0.25, -0.2) is 4.18 Å². The van der Waals surface area contributed by atoms with Crippen LogP contribution in [0, 0.1) is 13.8 Å². The number of Topliss-reactive ketones (excluding diaryl/α,β-unsaturated/α-hetero) is 1. The molecule has 2 atom stereocenters. The molecule has 1 aliphatic carbocycles. The summed E-state index contributed by atoms with van der Waals surface area (Å²) in [5.74, 6) is 0.304. The van der Waals surface area contributed by atoms with Crippen molar-refractivity contribution in [2.75, 3.05) is 0 Å². The van der Waals surface area contributed by atoms with Crippen molar-refractivity contribution in [3.63, 3.8) is 0 Å². The van der Waals surface area contributed by atoms with Gasteiger partial charge in [-0.3, -0.25) is 4.79 Å². The average molecular weight is 316 g/mol. The summed E-state index contributed by atoms with van der Waals surface area (Å²) in [6.07, 6.45) is -0.318. The van der Waals surface area contributed by atoms with E-state index in [1.54, 1.807) is 18.2 Å². The van der Waals surface area contributed by atoms with Crippen molar-refractivity contribution in [1.29, 1.82) is 0 Å². The molecule has 3 rings (SSSR count). The molecule has 0 saturated carbocycles. The third-order valence-corrected chi connectivity index (χ3v) is 4.32. The van der Waals surface area contributed by atoms with Gasteiger partial charge in [0.2, 0.25) is 0 Å². The summed E-state index contributed by atoms with van der Waals surface area (Å²) in [6, 6.07) is 12.8. The third kappa shape index (κ3) is 3.10. The highest BCUT2D eigenvalue weighted by Gasteiger charge is 2.33. The van der Waals surface area contributed by atoms with Gasteiger partial charge in [-0.15, -0.1) is 0 Å². The van der Waals surface area contributed by atoms with Crippen LogP contribution in [0.3, 0.4) is 0 Å². The van der Waals surface area contributed by atoms with E-state index in [4.69, 9.17) is 8.37 Å². The van der Waals surface area contributed by atoms with Crippen molar-refractivity contribution in [2.24, 2.45) is 0 Å². The van der Waals surface area contributed by atoms with Crippen LogP contribution in [0.25, 0.3) is 0 Å². The molecule has 0 aliphatic heterocycles. The second-order valence-corrected chi connectivity index (χ2v) is 6.18. The van der Waals surface area contributed by atoms with Crippen LogP contribution in [0.4, 0.5) is 0 Å². The van der Waals surface area contributed by atoms with E-state index in [9.17, 15) is 9.00 Å². The number of hydrogen-bond acceptors (Lipinski definition) is 4. The molecule has 5 heteroatoms. The SMILES string of the molecule is Cc1ccc(OS(=O)OC2Cc3cc(C)ccc3C2=O)cc1. The summed E-state index contributed by atoms with van der Waals surface area (Å²) in [4.78, 5) is 12.2. The molecule has 0 amide bonds. The zero-order valence-electron chi connectivity index (χ0n) is 12.4.